The van der Waals surface area contributed by atoms with Gasteiger partial charge in [0.25, 0.3) is 10.0 Å². The van der Waals surface area contributed by atoms with Crippen molar-refractivity contribution in [3.63, 3.8) is 0 Å². The monoisotopic (exact) mass is 362 g/mol. The van der Waals surface area contributed by atoms with E-state index in [2.05, 4.69) is 0 Å². The number of amides is 1. The van der Waals surface area contributed by atoms with Crippen LogP contribution >= 0.6 is 22.9 Å². The number of sulfonamides is 1. The Kier molecular flexibility index (Phi) is 4.77. The average Bonchev–Trinajstić information content (AvgIpc) is 2.72. The lowest BCUT2D eigenvalue weighted by Gasteiger charge is -2.30. The Bertz CT molecular complexity index is 655. The van der Waals surface area contributed by atoms with E-state index < -0.39 is 10.0 Å². The van der Waals surface area contributed by atoms with E-state index in [1.807, 2.05) is 4.90 Å². The topological polar surface area (TPSA) is 57.7 Å². The Balaban J connectivity index is 1.68. The fourth-order valence-electron chi connectivity index (χ4n) is 2.83. The van der Waals surface area contributed by atoms with E-state index >= 15 is 0 Å². The second kappa shape index (κ2) is 6.47. The number of carbonyl (C=O) groups excluding carboxylic acids is 1. The number of thiophene rings is 1. The molecule has 0 bridgehead atoms. The van der Waals surface area contributed by atoms with Crippen LogP contribution in [0.5, 0.6) is 0 Å². The Morgan fingerprint density at radius 1 is 1.14 bits per heavy atom. The van der Waals surface area contributed by atoms with Gasteiger partial charge in [-0.25, -0.2) is 8.42 Å². The first-order chi connectivity index (χ1) is 10.5. The second-order valence-electron chi connectivity index (χ2n) is 5.77. The summed E-state index contributed by atoms with van der Waals surface area (Å²) in [4.78, 5) is 14.1. The average molecular weight is 363 g/mol. The highest BCUT2D eigenvalue weighted by molar-refractivity contribution is 7.91. The summed E-state index contributed by atoms with van der Waals surface area (Å²) in [5, 5.41) is 0. The van der Waals surface area contributed by atoms with Crippen LogP contribution in [0.15, 0.2) is 16.3 Å². The van der Waals surface area contributed by atoms with Crippen LogP contribution in [0.2, 0.25) is 4.34 Å². The van der Waals surface area contributed by atoms with Crippen molar-refractivity contribution in [1.82, 2.24) is 9.21 Å². The van der Waals surface area contributed by atoms with Crippen LogP contribution in [0.25, 0.3) is 0 Å². The number of hydrogen-bond donors (Lipinski definition) is 0. The molecule has 1 saturated carbocycles. The quantitative estimate of drug-likeness (QED) is 0.829. The predicted molar refractivity (Wildman–Crippen MR) is 86.6 cm³/mol. The van der Waals surface area contributed by atoms with Gasteiger partial charge in [0.05, 0.1) is 4.34 Å². The lowest BCUT2D eigenvalue weighted by Crippen LogP contribution is -2.41. The summed E-state index contributed by atoms with van der Waals surface area (Å²) >= 11 is 6.92. The molecule has 0 radical (unpaired) electrons. The van der Waals surface area contributed by atoms with Gasteiger partial charge in [0.1, 0.15) is 4.21 Å². The largest absolute Gasteiger partial charge is 0.341 e. The molecule has 1 aliphatic carbocycles. The zero-order valence-electron chi connectivity index (χ0n) is 12.2. The highest BCUT2D eigenvalue weighted by Gasteiger charge is 2.33. The third-order valence-corrected chi connectivity index (χ3v) is 7.96. The third kappa shape index (κ3) is 3.18. The standard InChI is InChI=1S/C14H19ClN2O3S2/c15-12-5-6-13(21-12)22(19,20)17-8-2-7-16(9-10-17)14(18)11-3-1-4-11/h5-6,11H,1-4,7-10H2. The molecule has 2 aliphatic rings. The Hall–Kier alpha value is -0.630. The van der Waals surface area contributed by atoms with Crippen molar-refractivity contribution in [3.05, 3.63) is 16.5 Å². The van der Waals surface area contributed by atoms with Gasteiger partial charge in [-0.05, 0) is 31.4 Å². The predicted octanol–water partition coefficient (Wildman–Crippen LogP) is 2.42. The molecule has 0 atom stereocenters. The van der Waals surface area contributed by atoms with Crippen LogP contribution in [-0.2, 0) is 14.8 Å². The van der Waals surface area contributed by atoms with Crippen molar-refractivity contribution >= 4 is 38.9 Å². The fraction of sp³-hybridized carbons (Fsp3) is 0.643. The first kappa shape index (κ1) is 16.2. The maximum atomic E-state index is 12.6. The highest BCUT2D eigenvalue weighted by atomic mass is 35.5. The summed E-state index contributed by atoms with van der Waals surface area (Å²) in [5.74, 6) is 0.365. The molecule has 122 valence electrons. The lowest BCUT2D eigenvalue weighted by atomic mass is 9.84. The van der Waals surface area contributed by atoms with Crippen LogP contribution in [0.4, 0.5) is 0 Å². The first-order valence-corrected chi connectivity index (χ1v) is 10.2. The van der Waals surface area contributed by atoms with Crippen LogP contribution in [0.1, 0.15) is 25.7 Å². The number of hydrogen-bond acceptors (Lipinski definition) is 4. The van der Waals surface area contributed by atoms with Crippen molar-refractivity contribution in [2.24, 2.45) is 5.92 Å². The van der Waals surface area contributed by atoms with E-state index in [-0.39, 0.29) is 16.0 Å². The summed E-state index contributed by atoms with van der Waals surface area (Å²) in [7, 11) is -3.50. The number of nitrogens with zero attached hydrogens (tertiary/aromatic N) is 2. The van der Waals surface area contributed by atoms with Gasteiger partial charge >= 0.3 is 0 Å². The first-order valence-electron chi connectivity index (χ1n) is 7.53. The summed E-state index contributed by atoms with van der Waals surface area (Å²) in [6.07, 6.45) is 3.76. The van der Waals surface area contributed by atoms with Crippen molar-refractivity contribution in [1.29, 1.82) is 0 Å². The third-order valence-electron chi connectivity index (χ3n) is 4.36. The molecule has 0 N–H and O–H groups in total. The molecule has 1 aromatic heterocycles. The van der Waals surface area contributed by atoms with Crippen molar-refractivity contribution in [2.45, 2.75) is 29.9 Å². The summed E-state index contributed by atoms with van der Waals surface area (Å²) in [6.45, 7) is 1.93. The molecule has 0 spiro atoms. The molecule has 1 amide bonds. The molecule has 0 unspecified atom stereocenters. The van der Waals surface area contributed by atoms with E-state index in [4.69, 9.17) is 11.6 Å². The second-order valence-corrected chi connectivity index (χ2v) is 9.65. The zero-order valence-corrected chi connectivity index (χ0v) is 14.6. The van der Waals surface area contributed by atoms with Gasteiger partial charge in [0, 0.05) is 32.1 Å². The summed E-state index contributed by atoms with van der Waals surface area (Å²) in [5.41, 5.74) is 0. The van der Waals surface area contributed by atoms with Crippen LogP contribution in [0, 0.1) is 5.92 Å². The maximum Gasteiger partial charge on any atom is 0.252 e. The van der Waals surface area contributed by atoms with Crippen LogP contribution < -0.4 is 0 Å². The molecule has 0 aromatic carbocycles. The molecule has 2 heterocycles. The molecule has 8 heteroatoms. The zero-order chi connectivity index (χ0) is 15.7. The van der Waals surface area contributed by atoms with Gasteiger partial charge in [0.15, 0.2) is 0 Å². The summed E-state index contributed by atoms with van der Waals surface area (Å²) in [6, 6.07) is 3.15. The normalized spacial score (nSPS) is 21.4. The van der Waals surface area contributed by atoms with Crippen molar-refractivity contribution in [3.8, 4) is 0 Å². The van der Waals surface area contributed by atoms with E-state index in [0.29, 0.717) is 36.9 Å². The molecule has 22 heavy (non-hydrogen) atoms. The lowest BCUT2D eigenvalue weighted by molar-refractivity contribution is -0.138. The Morgan fingerprint density at radius 2 is 1.91 bits per heavy atom. The van der Waals surface area contributed by atoms with E-state index in [1.54, 1.807) is 12.1 Å². The minimum atomic E-state index is -3.50. The number of carbonyl (C=O) groups is 1. The maximum absolute atomic E-state index is 12.6. The van der Waals surface area contributed by atoms with Gasteiger partial charge in [0.2, 0.25) is 5.91 Å². The minimum absolute atomic E-state index is 0.166. The van der Waals surface area contributed by atoms with Crippen molar-refractivity contribution < 1.29 is 13.2 Å². The van der Waals surface area contributed by atoms with Gasteiger partial charge < -0.3 is 4.90 Å². The smallest absolute Gasteiger partial charge is 0.252 e. The number of halogens is 1. The minimum Gasteiger partial charge on any atom is -0.341 e. The van der Waals surface area contributed by atoms with Crippen LogP contribution in [-0.4, -0.2) is 49.7 Å². The van der Waals surface area contributed by atoms with Gasteiger partial charge in [-0.15, -0.1) is 11.3 Å². The Morgan fingerprint density at radius 3 is 2.50 bits per heavy atom. The van der Waals surface area contributed by atoms with E-state index in [1.165, 1.54) is 4.31 Å². The van der Waals surface area contributed by atoms with Crippen LogP contribution in [0.3, 0.4) is 0 Å². The van der Waals surface area contributed by atoms with Gasteiger partial charge in [-0.2, -0.15) is 4.31 Å². The Labute approximate surface area is 139 Å². The molecule has 1 saturated heterocycles. The molecular weight excluding hydrogens is 344 g/mol. The fourth-order valence-corrected chi connectivity index (χ4v) is 5.94. The molecule has 1 aliphatic heterocycles. The van der Waals surface area contributed by atoms with Gasteiger partial charge in [-0.3, -0.25) is 4.79 Å². The van der Waals surface area contributed by atoms with E-state index in [0.717, 1.165) is 30.6 Å². The molecular formula is C14H19ClN2O3S2. The SMILES string of the molecule is O=C(C1CCC1)N1CCCN(S(=O)(=O)c2ccc(Cl)s2)CC1. The highest BCUT2D eigenvalue weighted by Crippen LogP contribution is 2.30. The molecule has 5 nitrogen and oxygen atoms in total. The van der Waals surface area contributed by atoms with Gasteiger partial charge in [-0.1, -0.05) is 18.0 Å². The molecule has 3 rings (SSSR count). The summed E-state index contributed by atoms with van der Waals surface area (Å²) < 4.78 is 27.4. The molecule has 1 aromatic rings. The van der Waals surface area contributed by atoms with E-state index in [9.17, 15) is 13.2 Å². The van der Waals surface area contributed by atoms with Crippen molar-refractivity contribution in [2.75, 3.05) is 26.2 Å². The molecule has 2 fully saturated rings. The number of rotatable bonds is 3.